The molecule has 4 heterocycles. The summed E-state index contributed by atoms with van der Waals surface area (Å²) in [5, 5.41) is 4.29. The average molecular weight is 333 g/mol. The number of rotatable bonds is 3. The van der Waals surface area contributed by atoms with E-state index in [1.165, 1.54) is 35.7 Å². The molecular formula is C20H23N5. The van der Waals surface area contributed by atoms with Crippen LogP contribution in [0.1, 0.15) is 11.4 Å². The van der Waals surface area contributed by atoms with Gasteiger partial charge >= 0.3 is 0 Å². The predicted molar refractivity (Wildman–Crippen MR) is 96.8 cm³/mol. The fourth-order valence-electron chi connectivity index (χ4n) is 4.50. The molecule has 0 radical (unpaired) electrons. The summed E-state index contributed by atoms with van der Waals surface area (Å²) >= 11 is 0. The molecule has 0 amide bonds. The number of likely N-dealkylation sites (tertiary alicyclic amines) is 1. The fourth-order valence-corrected chi connectivity index (χ4v) is 4.50. The molecule has 0 saturated carbocycles. The van der Waals surface area contributed by atoms with Crippen molar-refractivity contribution in [2.45, 2.75) is 19.5 Å². The van der Waals surface area contributed by atoms with Gasteiger partial charge in [0.05, 0.1) is 18.1 Å². The first-order valence-electron chi connectivity index (χ1n) is 9.06. The van der Waals surface area contributed by atoms with Crippen LogP contribution in [0.3, 0.4) is 0 Å². The second kappa shape index (κ2) is 5.85. The molecule has 1 saturated heterocycles. The number of fused-ring (bicyclic) bond motifs is 2. The molecule has 2 atom stereocenters. The highest BCUT2D eigenvalue weighted by molar-refractivity contribution is 5.59. The van der Waals surface area contributed by atoms with Crippen molar-refractivity contribution in [1.82, 2.24) is 24.2 Å². The molecule has 1 aromatic carbocycles. The quantitative estimate of drug-likeness (QED) is 0.739. The first kappa shape index (κ1) is 14.9. The van der Waals surface area contributed by atoms with Gasteiger partial charge in [0.1, 0.15) is 5.82 Å². The van der Waals surface area contributed by atoms with E-state index in [9.17, 15) is 0 Å². The molecule has 2 aromatic heterocycles. The van der Waals surface area contributed by atoms with Gasteiger partial charge in [-0.05, 0) is 17.4 Å². The van der Waals surface area contributed by atoms with Crippen LogP contribution >= 0.6 is 0 Å². The zero-order valence-corrected chi connectivity index (χ0v) is 14.5. The molecule has 0 aliphatic carbocycles. The van der Waals surface area contributed by atoms with Gasteiger partial charge in [-0.15, -0.1) is 0 Å². The fraction of sp³-hybridized carbons (Fsp3) is 0.400. The molecule has 3 aromatic rings. The minimum absolute atomic E-state index is 0.723. The highest BCUT2D eigenvalue weighted by atomic mass is 15.2. The molecule has 5 rings (SSSR count). The van der Waals surface area contributed by atoms with Crippen molar-refractivity contribution in [3.8, 4) is 11.3 Å². The van der Waals surface area contributed by atoms with Crippen molar-refractivity contribution in [1.29, 1.82) is 0 Å². The molecular weight excluding hydrogens is 310 g/mol. The van der Waals surface area contributed by atoms with Crippen LogP contribution in [0.5, 0.6) is 0 Å². The molecule has 0 bridgehead atoms. The maximum absolute atomic E-state index is 4.74. The van der Waals surface area contributed by atoms with Gasteiger partial charge in [0.2, 0.25) is 0 Å². The number of hydrogen-bond donors (Lipinski definition) is 0. The number of aromatic nitrogens is 4. The van der Waals surface area contributed by atoms with Crippen LogP contribution in [0.2, 0.25) is 0 Å². The van der Waals surface area contributed by atoms with Crippen molar-refractivity contribution < 1.29 is 0 Å². The van der Waals surface area contributed by atoms with E-state index in [4.69, 9.17) is 4.98 Å². The highest BCUT2D eigenvalue weighted by Gasteiger charge is 2.37. The lowest BCUT2D eigenvalue weighted by Crippen LogP contribution is -2.28. The lowest BCUT2D eigenvalue weighted by molar-refractivity contribution is 0.307. The summed E-state index contributed by atoms with van der Waals surface area (Å²) < 4.78 is 4.34. The van der Waals surface area contributed by atoms with Crippen LogP contribution in [-0.4, -0.2) is 37.3 Å². The van der Waals surface area contributed by atoms with Crippen molar-refractivity contribution in [2.24, 2.45) is 18.9 Å². The Morgan fingerprint density at radius 1 is 1.04 bits per heavy atom. The van der Waals surface area contributed by atoms with Crippen LogP contribution < -0.4 is 0 Å². The summed E-state index contributed by atoms with van der Waals surface area (Å²) in [6.45, 7) is 4.45. The smallest absolute Gasteiger partial charge is 0.109 e. The van der Waals surface area contributed by atoms with Crippen LogP contribution in [0.4, 0.5) is 0 Å². The van der Waals surface area contributed by atoms with Gasteiger partial charge in [0, 0.05) is 51.4 Å². The Morgan fingerprint density at radius 2 is 1.88 bits per heavy atom. The van der Waals surface area contributed by atoms with Gasteiger partial charge in [-0.3, -0.25) is 9.58 Å². The Kier molecular flexibility index (Phi) is 3.48. The number of imidazole rings is 1. The van der Waals surface area contributed by atoms with Crippen molar-refractivity contribution in [3.63, 3.8) is 0 Å². The molecule has 2 aliphatic rings. The average Bonchev–Trinajstić information content (AvgIpc) is 3.31. The summed E-state index contributed by atoms with van der Waals surface area (Å²) in [4.78, 5) is 7.32. The summed E-state index contributed by atoms with van der Waals surface area (Å²) in [7, 11) is 1.98. The monoisotopic (exact) mass is 333 g/mol. The standard InChI is InChI=1S/C20H23N5/c1-23-10-15(8-22-23)11-24-12-17-7-20-21-9-19(16-5-3-2-4-6-16)25(20)14-18(17)13-24/h2-6,8-10,17-18H,7,11-14H2,1H3/t17-,18-/m1/s1. The molecule has 5 nitrogen and oxygen atoms in total. The van der Waals surface area contributed by atoms with E-state index in [0.717, 1.165) is 31.3 Å². The lowest BCUT2D eigenvalue weighted by atomic mass is 9.89. The van der Waals surface area contributed by atoms with E-state index in [0.29, 0.717) is 0 Å². The zero-order valence-electron chi connectivity index (χ0n) is 14.5. The molecule has 5 heteroatoms. The molecule has 0 unspecified atom stereocenters. The highest BCUT2D eigenvalue weighted by Crippen LogP contribution is 2.35. The zero-order chi connectivity index (χ0) is 16.8. The third-order valence-corrected chi connectivity index (χ3v) is 5.69. The van der Waals surface area contributed by atoms with Crippen molar-refractivity contribution >= 4 is 0 Å². The first-order chi connectivity index (χ1) is 12.3. The van der Waals surface area contributed by atoms with E-state index in [1.54, 1.807) is 0 Å². The van der Waals surface area contributed by atoms with Gasteiger partial charge < -0.3 is 4.57 Å². The van der Waals surface area contributed by atoms with Crippen molar-refractivity contribution in [2.75, 3.05) is 13.1 Å². The second-order valence-electron chi connectivity index (χ2n) is 7.48. The van der Waals surface area contributed by atoms with Gasteiger partial charge in [-0.25, -0.2) is 4.98 Å². The Hall–Kier alpha value is -2.40. The maximum atomic E-state index is 4.74. The topological polar surface area (TPSA) is 38.9 Å². The Labute approximate surface area is 147 Å². The largest absolute Gasteiger partial charge is 0.328 e. The maximum Gasteiger partial charge on any atom is 0.109 e. The minimum atomic E-state index is 0.723. The number of aryl methyl sites for hydroxylation is 1. The predicted octanol–water partition coefficient (Wildman–Crippen LogP) is 2.59. The van der Waals surface area contributed by atoms with Gasteiger partial charge in [-0.1, -0.05) is 30.3 Å². The second-order valence-corrected chi connectivity index (χ2v) is 7.48. The Balaban J connectivity index is 1.35. The van der Waals surface area contributed by atoms with E-state index in [-0.39, 0.29) is 0 Å². The van der Waals surface area contributed by atoms with Crippen LogP contribution in [0.15, 0.2) is 48.9 Å². The van der Waals surface area contributed by atoms with Gasteiger partial charge in [0.15, 0.2) is 0 Å². The molecule has 2 aliphatic heterocycles. The van der Waals surface area contributed by atoms with E-state index in [1.807, 2.05) is 17.9 Å². The number of benzene rings is 1. The van der Waals surface area contributed by atoms with Crippen LogP contribution in [0, 0.1) is 11.8 Å². The third kappa shape index (κ3) is 2.68. The lowest BCUT2D eigenvalue weighted by Gasteiger charge is -2.27. The molecule has 0 N–H and O–H groups in total. The number of nitrogens with zero attached hydrogens (tertiary/aromatic N) is 5. The first-order valence-corrected chi connectivity index (χ1v) is 9.06. The minimum Gasteiger partial charge on any atom is -0.328 e. The Bertz CT molecular complexity index is 879. The van der Waals surface area contributed by atoms with E-state index in [2.05, 4.69) is 57.3 Å². The van der Waals surface area contributed by atoms with E-state index >= 15 is 0 Å². The molecule has 128 valence electrons. The molecule has 0 spiro atoms. The summed E-state index contributed by atoms with van der Waals surface area (Å²) in [6.07, 6.45) is 7.27. The van der Waals surface area contributed by atoms with E-state index < -0.39 is 0 Å². The van der Waals surface area contributed by atoms with Gasteiger partial charge in [0.25, 0.3) is 0 Å². The number of hydrogen-bond acceptors (Lipinski definition) is 3. The third-order valence-electron chi connectivity index (χ3n) is 5.69. The Morgan fingerprint density at radius 3 is 2.68 bits per heavy atom. The van der Waals surface area contributed by atoms with Crippen LogP contribution in [0.25, 0.3) is 11.3 Å². The van der Waals surface area contributed by atoms with Crippen molar-refractivity contribution in [3.05, 3.63) is 60.3 Å². The molecule has 25 heavy (non-hydrogen) atoms. The SMILES string of the molecule is Cn1cc(CN2C[C@H]3Cc4ncc(-c5ccccc5)n4C[C@H]3C2)cn1. The molecule has 1 fully saturated rings. The van der Waals surface area contributed by atoms with Crippen LogP contribution in [-0.2, 0) is 26.6 Å². The summed E-state index contributed by atoms with van der Waals surface area (Å²) in [5.41, 5.74) is 3.84. The normalized spacial score (nSPS) is 22.8. The summed E-state index contributed by atoms with van der Waals surface area (Å²) in [6, 6.07) is 10.6. The van der Waals surface area contributed by atoms with Gasteiger partial charge in [-0.2, -0.15) is 5.10 Å². The summed E-state index contributed by atoms with van der Waals surface area (Å²) in [5.74, 6) is 2.71.